The van der Waals surface area contributed by atoms with Crippen LogP contribution >= 0.6 is 11.8 Å². The van der Waals surface area contributed by atoms with Crippen LogP contribution in [0.2, 0.25) is 0 Å². The summed E-state index contributed by atoms with van der Waals surface area (Å²) in [7, 11) is 0. The van der Waals surface area contributed by atoms with Crippen molar-refractivity contribution in [3.63, 3.8) is 0 Å². The van der Waals surface area contributed by atoms with Gasteiger partial charge in [0.15, 0.2) is 0 Å². The molecule has 2 aliphatic heterocycles. The Bertz CT molecular complexity index is 1380. The van der Waals surface area contributed by atoms with Crippen LogP contribution in [0.3, 0.4) is 0 Å². The van der Waals surface area contributed by atoms with E-state index < -0.39 is 11.1 Å². The monoisotopic (exact) mass is 460 g/mol. The molecule has 0 atom stereocenters. The first kappa shape index (κ1) is 21.1. The Hall–Kier alpha value is -3.81. The first-order valence-corrected chi connectivity index (χ1v) is 11.1. The maximum atomic E-state index is 15.1. The number of halogens is 1. The number of benzene rings is 1. The number of hydrogen-bond acceptors (Lipinski definition) is 8. The third-order valence-electron chi connectivity index (χ3n) is 5.47. The topological polar surface area (TPSA) is 111 Å². The summed E-state index contributed by atoms with van der Waals surface area (Å²) >= 11 is 0.794. The average Bonchev–Trinajstić information content (AvgIpc) is 3.14. The smallest absolute Gasteiger partial charge is 0.290 e. The van der Waals surface area contributed by atoms with Crippen molar-refractivity contribution in [2.24, 2.45) is 0 Å². The summed E-state index contributed by atoms with van der Waals surface area (Å²) in [6.45, 7) is 3.01. The maximum absolute atomic E-state index is 15.1. The van der Waals surface area contributed by atoms with E-state index in [4.69, 9.17) is 0 Å². The Kier molecular flexibility index (Phi) is 5.50. The lowest BCUT2D eigenvalue weighted by molar-refractivity contribution is -0.115. The highest BCUT2D eigenvalue weighted by Gasteiger charge is 2.25. The molecule has 4 heterocycles. The predicted octanol–water partition coefficient (Wildman–Crippen LogP) is 3.04. The minimum Gasteiger partial charge on any atom is -0.367 e. The highest BCUT2D eigenvalue weighted by molar-refractivity contribution is 8.18. The van der Waals surface area contributed by atoms with Gasteiger partial charge in [-0.05, 0) is 47.7 Å². The maximum Gasteiger partial charge on any atom is 0.290 e. The normalized spacial score (nSPS) is 17.5. The van der Waals surface area contributed by atoms with E-state index in [1.807, 2.05) is 4.90 Å². The van der Waals surface area contributed by atoms with Gasteiger partial charge in [0, 0.05) is 37.9 Å². The van der Waals surface area contributed by atoms with Crippen molar-refractivity contribution in [3.05, 3.63) is 58.5 Å². The fourth-order valence-electron chi connectivity index (χ4n) is 3.92. The molecule has 0 aliphatic carbocycles. The number of aromatic nitrogens is 2. The molecule has 5 rings (SSSR count). The first-order valence-electron chi connectivity index (χ1n) is 10.2. The Morgan fingerprint density at radius 1 is 1.18 bits per heavy atom. The van der Waals surface area contributed by atoms with E-state index in [1.165, 1.54) is 18.3 Å². The Labute approximate surface area is 192 Å². The van der Waals surface area contributed by atoms with E-state index >= 15 is 4.39 Å². The van der Waals surface area contributed by atoms with Gasteiger partial charge in [-0.2, -0.15) is 5.26 Å². The molecule has 1 aromatic carbocycles. The zero-order valence-electron chi connectivity index (χ0n) is 17.3. The van der Waals surface area contributed by atoms with Gasteiger partial charge in [0.1, 0.15) is 11.9 Å². The molecule has 2 fully saturated rings. The molecule has 0 radical (unpaired) electrons. The summed E-state index contributed by atoms with van der Waals surface area (Å²) in [5, 5.41) is 14.7. The average molecular weight is 460 g/mol. The van der Waals surface area contributed by atoms with E-state index in [9.17, 15) is 14.9 Å². The minimum absolute atomic E-state index is 0.226. The fourth-order valence-corrected chi connectivity index (χ4v) is 4.59. The van der Waals surface area contributed by atoms with Gasteiger partial charge in [0.05, 0.1) is 32.9 Å². The molecule has 2 N–H and O–H groups in total. The first-order chi connectivity index (χ1) is 16.0. The molecule has 10 heteroatoms. The van der Waals surface area contributed by atoms with Gasteiger partial charge in [0.2, 0.25) is 0 Å². The Balaban J connectivity index is 1.61. The number of imide groups is 1. The number of nitriles is 1. The third-order valence-corrected chi connectivity index (χ3v) is 6.28. The molecule has 2 amide bonds. The summed E-state index contributed by atoms with van der Waals surface area (Å²) in [5.74, 6) is -0.861. The third kappa shape index (κ3) is 4.04. The van der Waals surface area contributed by atoms with Crippen LogP contribution in [0.1, 0.15) is 11.3 Å². The van der Waals surface area contributed by atoms with Crippen LogP contribution in [0.4, 0.5) is 14.9 Å². The summed E-state index contributed by atoms with van der Waals surface area (Å²) in [4.78, 5) is 34.4. The van der Waals surface area contributed by atoms with Gasteiger partial charge >= 0.3 is 0 Å². The lowest BCUT2D eigenvalue weighted by Crippen LogP contribution is -2.43. The van der Waals surface area contributed by atoms with E-state index in [1.54, 1.807) is 24.3 Å². The van der Waals surface area contributed by atoms with E-state index in [2.05, 4.69) is 26.7 Å². The molecule has 2 aromatic heterocycles. The molecular weight excluding hydrogens is 443 g/mol. The SMILES string of the molecule is N#Cc1cnc2ccc(C=C3SC(=O)NC3=O)nc2c1-c1ccc(N2CCNCC2)c(F)c1. The number of pyridine rings is 2. The second-order valence-electron chi connectivity index (χ2n) is 7.52. The summed E-state index contributed by atoms with van der Waals surface area (Å²) in [5.41, 5.74) is 3.11. The number of nitrogens with zero attached hydrogens (tertiary/aromatic N) is 4. The predicted molar refractivity (Wildman–Crippen MR) is 124 cm³/mol. The van der Waals surface area contributed by atoms with Crippen LogP contribution < -0.4 is 15.5 Å². The van der Waals surface area contributed by atoms with Crippen LogP contribution in [-0.2, 0) is 4.79 Å². The molecule has 0 spiro atoms. The van der Waals surface area contributed by atoms with Gasteiger partial charge in [-0.3, -0.25) is 19.9 Å². The van der Waals surface area contributed by atoms with Gasteiger partial charge in [-0.15, -0.1) is 0 Å². The number of amides is 2. The highest BCUT2D eigenvalue weighted by Crippen LogP contribution is 2.33. The number of piperazine rings is 1. The second kappa shape index (κ2) is 8.61. The summed E-state index contributed by atoms with van der Waals surface area (Å²) in [6, 6.07) is 10.4. The molecular formula is C23H17FN6O2S. The van der Waals surface area contributed by atoms with Crippen molar-refractivity contribution in [1.82, 2.24) is 20.6 Å². The largest absolute Gasteiger partial charge is 0.367 e. The van der Waals surface area contributed by atoms with Gasteiger partial charge in [-0.1, -0.05) is 6.07 Å². The number of hydrogen-bond donors (Lipinski definition) is 2. The second-order valence-corrected chi connectivity index (χ2v) is 8.53. The number of carbonyl (C=O) groups is 2. The molecule has 33 heavy (non-hydrogen) atoms. The van der Waals surface area contributed by atoms with E-state index in [0.717, 1.165) is 24.9 Å². The van der Waals surface area contributed by atoms with Gasteiger partial charge in [-0.25, -0.2) is 9.37 Å². The van der Waals surface area contributed by atoms with Crippen molar-refractivity contribution < 1.29 is 14.0 Å². The minimum atomic E-state index is -0.485. The van der Waals surface area contributed by atoms with Crippen molar-refractivity contribution >= 4 is 45.7 Å². The van der Waals surface area contributed by atoms with Crippen molar-refractivity contribution in [3.8, 4) is 17.2 Å². The number of fused-ring (bicyclic) bond motifs is 1. The van der Waals surface area contributed by atoms with E-state index in [-0.39, 0.29) is 16.3 Å². The van der Waals surface area contributed by atoms with Crippen LogP contribution in [0.5, 0.6) is 0 Å². The quantitative estimate of drug-likeness (QED) is 0.574. The number of nitrogens with one attached hydrogen (secondary N) is 2. The molecule has 2 saturated heterocycles. The summed E-state index contributed by atoms with van der Waals surface area (Å²) in [6.07, 6.45) is 2.94. The Morgan fingerprint density at radius 2 is 2.00 bits per heavy atom. The van der Waals surface area contributed by atoms with Crippen LogP contribution in [0, 0.1) is 17.1 Å². The molecule has 0 saturated carbocycles. The lowest BCUT2D eigenvalue weighted by atomic mass is 9.99. The zero-order chi connectivity index (χ0) is 22.9. The summed E-state index contributed by atoms with van der Waals surface area (Å²) < 4.78 is 15.1. The van der Waals surface area contributed by atoms with Crippen LogP contribution in [-0.4, -0.2) is 47.3 Å². The molecule has 0 bridgehead atoms. The van der Waals surface area contributed by atoms with Crippen LogP contribution in [0.15, 0.2) is 41.4 Å². The highest BCUT2D eigenvalue weighted by atomic mass is 32.2. The molecule has 0 unspecified atom stereocenters. The Morgan fingerprint density at radius 3 is 2.70 bits per heavy atom. The van der Waals surface area contributed by atoms with Crippen LogP contribution in [0.25, 0.3) is 28.2 Å². The molecule has 164 valence electrons. The number of thioether (sulfide) groups is 1. The van der Waals surface area contributed by atoms with E-state index in [0.29, 0.717) is 46.6 Å². The molecule has 3 aromatic rings. The van der Waals surface area contributed by atoms with Gasteiger partial charge in [0.25, 0.3) is 11.1 Å². The van der Waals surface area contributed by atoms with Crippen molar-refractivity contribution in [2.75, 3.05) is 31.1 Å². The fraction of sp³-hybridized carbons (Fsp3) is 0.174. The lowest BCUT2D eigenvalue weighted by Gasteiger charge is -2.29. The number of rotatable bonds is 3. The number of carbonyl (C=O) groups excluding carboxylic acids is 2. The number of anilines is 1. The van der Waals surface area contributed by atoms with Gasteiger partial charge < -0.3 is 10.2 Å². The zero-order valence-corrected chi connectivity index (χ0v) is 18.1. The molecule has 8 nitrogen and oxygen atoms in total. The molecule has 2 aliphatic rings. The van der Waals surface area contributed by atoms with Crippen molar-refractivity contribution in [1.29, 1.82) is 5.26 Å². The van der Waals surface area contributed by atoms with Crippen molar-refractivity contribution in [2.45, 2.75) is 0 Å². The standard InChI is InChI=1S/C23H17FN6O2S/c24-16-9-13(1-4-18(16)30-7-5-26-6-8-30)20-14(11-25)12-27-17-3-2-15(28-21(17)20)10-19-22(31)29-23(32)33-19/h1-4,9-10,12,26H,5-8H2,(H,29,31,32).